The lowest BCUT2D eigenvalue weighted by molar-refractivity contribution is 0.414. The summed E-state index contributed by atoms with van der Waals surface area (Å²) in [6.45, 7) is 4.08. The second kappa shape index (κ2) is 7.92. The molecule has 0 bridgehead atoms. The van der Waals surface area contributed by atoms with Gasteiger partial charge < -0.3 is 9.30 Å². The van der Waals surface area contributed by atoms with Crippen LogP contribution >= 0.6 is 23.2 Å². The summed E-state index contributed by atoms with van der Waals surface area (Å²) in [6.07, 6.45) is 1.88. The number of rotatable bonds is 4. The Kier molecular flexibility index (Phi) is 5.60. The summed E-state index contributed by atoms with van der Waals surface area (Å²) in [7, 11) is 1.65. The number of benzene rings is 2. The van der Waals surface area contributed by atoms with Crippen molar-refractivity contribution in [2.45, 2.75) is 13.8 Å². The van der Waals surface area contributed by atoms with Crippen LogP contribution in [0.4, 0.5) is 0 Å². The SMILES string of the molecule is COc1ccc(-n2c(C)cc(/C=C(/C#N)c3ccc(Cl)c(Cl)c3)c2C)cc1. The molecule has 0 fully saturated rings. The molecule has 2 aromatic carbocycles. The molecule has 1 aromatic heterocycles. The maximum absolute atomic E-state index is 9.63. The van der Waals surface area contributed by atoms with Gasteiger partial charge in [-0.15, -0.1) is 0 Å². The number of hydrogen-bond acceptors (Lipinski definition) is 2. The zero-order chi connectivity index (χ0) is 19.6. The molecule has 0 spiro atoms. The second-order valence-corrected chi connectivity index (χ2v) is 6.97. The molecular formula is C22H18Cl2N2O. The van der Waals surface area contributed by atoms with Crippen molar-refractivity contribution in [2.75, 3.05) is 7.11 Å². The largest absolute Gasteiger partial charge is 0.497 e. The molecule has 3 rings (SSSR count). The van der Waals surface area contributed by atoms with E-state index in [2.05, 4.69) is 16.7 Å². The van der Waals surface area contributed by atoms with Gasteiger partial charge in [-0.3, -0.25) is 0 Å². The minimum Gasteiger partial charge on any atom is -0.497 e. The summed E-state index contributed by atoms with van der Waals surface area (Å²) in [6, 6.07) is 17.4. The smallest absolute Gasteiger partial charge is 0.119 e. The molecule has 0 aliphatic carbocycles. The first-order valence-electron chi connectivity index (χ1n) is 8.35. The van der Waals surface area contributed by atoms with Gasteiger partial charge in [0, 0.05) is 17.1 Å². The van der Waals surface area contributed by atoms with Crippen LogP contribution in [0.1, 0.15) is 22.5 Å². The summed E-state index contributed by atoms with van der Waals surface area (Å²) in [4.78, 5) is 0. The van der Waals surface area contributed by atoms with E-state index >= 15 is 0 Å². The van der Waals surface area contributed by atoms with Gasteiger partial charge in [0.1, 0.15) is 5.75 Å². The van der Waals surface area contributed by atoms with Crippen LogP contribution in [0.2, 0.25) is 10.0 Å². The van der Waals surface area contributed by atoms with E-state index in [0.29, 0.717) is 15.6 Å². The molecule has 136 valence electrons. The average molecular weight is 397 g/mol. The van der Waals surface area contributed by atoms with Crippen LogP contribution in [0.25, 0.3) is 17.3 Å². The van der Waals surface area contributed by atoms with E-state index in [4.69, 9.17) is 27.9 Å². The number of nitrogens with zero attached hydrogens (tertiary/aromatic N) is 2. The fraction of sp³-hybridized carbons (Fsp3) is 0.136. The molecule has 0 radical (unpaired) electrons. The minimum atomic E-state index is 0.430. The maximum Gasteiger partial charge on any atom is 0.119 e. The number of ether oxygens (including phenoxy) is 1. The Morgan fingerprint density at radius 3 is 2.33 bits per heavy atom. The lowest BCUT2D eigenvalue weighted by Gasteiger charge is -2.10. The number of halogens is 2. The van der Waals surface area contributed by atoms with E-state index in [-0.39, 0.29) is 0 Å². The molecule has 1 heterocycles. The fourth-order valence-electron chi connectivity index (χ4n) is 3.06. The lowest BCUT2D eigenvalue weighted by Crippen LogP contribution is -1.99. The van der Waals surface area contributed by atoms with Crippen molar-refractivity contribution in [1.82, 2.24) is 4.57 Å². The van der Waals surface area contributed by atoms with Crippen molar-refractivity contribution in [1.29, 1.82) is 5.26 Å². The van der Waals surface area contributed by atoms with Crippen molar-refractivity contribution < 1.29 is 4.74 Å². The minimum absolute atomic E-state index is 0.430. The van der Waals surface area contributed by atoms with Crippen LogP contribution in [0, 0.1) is 25.2 Å². The van der Waals surface area contributed by atoms with Crippen LogP contribution in [-0.2, 0) is 0 Å². The third-order valence-corrected chi connectivity index (χ3v) is 5.19. The van der Waals surface area contributed by atoms with E-state index in [1.165, 1.54) is 0 Å². The van der Waals surface area contributed by atoms with Crippen molar-refractivity contribution in [3.8, 4) is 17.5 Å². The van der Waals surface area contributed by atoms with E-state index in [1.807, 2.05) is 44.2 Å². The molecule has 0 unspecified atom stereocenters. The lowest BCUT2D eigenvalue weighted by atomic mass is 10.0. The van der Waals surface area contributed by atoms with E-state index in [0.717, 1.165) is 34.0 Å². The molecule has 0 aliphatic heterocycles. The van der Waals surface area contributed by atoms with Crippen LogP contribution < -0.4 is 4.74 Å². The van der Waals surface area contributed by atoms with Gasteiger partial charge in [-0.25, -0.2) is 0 Å². The Labute approximate surface area is 169 Å². The highest BCUT2D eigenvalue weighted by Crippen LogP contribution is 2.29. The van der Waals surface area contributed by atoms with Gasteiger partial charge in [0.15, 0.2) is 0 Å². The van der Waals surface area contributed by atoms with Crippen LogP contribution in [-0.4, -0.2) is 11.7 Å². The molecular weight excluding hydrogens is 379 g/mol. The standard InChI is InChI=1S/C22H18Cl2N2O/c1-14-10-17(11-18(13-25)16-4-9-21(23)22(24)12-16)15(2)26(14)19-5-7-20(27-3)8-6-19/h4-12H,1-3H3/b18-11-. The summed E-state index contributed by atoms with van der Waals surface area (Å²) in [5, 5.41) is 10.5. The van der Waals surface area contributed by atoms with Crippen molar-refractivity contribution in [3.05, 3.63) is 81.1 Å². The van der Waals surface area contributed by atoms with Gasteiger partial charge in [-0.1, -0.05) is 29.3 Å². The topological polar surface area (TPSA) is 38.0 Å². The van der Waals surface area contributed by atoms with Gasteiger partial charge >= 0.3 is 0 Å². The summed E-state index contributed by atoms with van der Waals surface area (Å²) < 4.78 is 7.38. The molecule has 3 aromatic rings. The normalized spacial score (nSPS) is 11.3. The highest BCUT2D eigenvalue weighted by molar-refractivity contribution is 6.42. The average Bonchev–Trinajstić information content (AvgIpc) is 2.95. The molecule has 0 saturated carbocycles. The van der Waals surface area contributed by atoms with Gasteiger partial charge in [-0.2, -0.15) is 5.26 Å². The summed E-state index contributed by atoms with van der Waals surface area (Å²) in [5.74, 6) is 0.813. The van der Waals surface area contributed by atoms with Crippen LogP contribution in [0.15, 0.2) is 48.5 Å². The number of aromatic nitrogens is 1. The zero-order valence-corrected chi connectivity index (χ0v) is 16.8. The van der Waals surface area contributed by atoms with Crippen LogP contribution in [0.3, 0.4) is 0 Å². The Hall–Kier alpha value is -2.67. The number of allylic oxidation sites excluding steroid dienone is 1. The van der Waals surface area contributed by atoms with E-state index in [9.17, 15) is 5.26 Å². The number of nitriles is 1. The molecule has 5 heteroatoms. The zero-order valence-electron chi connectivity index (χ0n) is 15.3. The molecule has 0 amide bonds. The number of hydrogen-bond donors (Lipinski definition) is 0. The molecule has 27 heavy (non-hydrogen) atoms. The Morgan fingerprint density at radius 2 is 1.74 bits per heavy atom. The fourth-order valence-corrected chi connectivity index (χ4v) is 3.36. The highest BCUT2D eigenvalue weighted by Gasteiger charge is 2.12. The van der Waals surface area contributed by atoms with Crippen LogP contribution in [0.5, 0.6) is 5.75 Å². The predicted octanol–water partition coefficient (Wildman–Crippen LogP) is 6.47. The monoisotopic (exact) mass is 396 g/mol. The summed E-state index contributed by atoms with van der Waals surface area (Å²) >= 11 is 12.1. The number of aryl methyl sites for hydroxylation is 1. The quantitative estimate of drug-likeness (QED) is 0.473. The second-order valence-electron chi connectivity index (χ2n) is 6.16. The van der Waals surface area contributed by atoms with Gasteiger partial charge in [0.25, 0.3) is 0 Å². The molecule has 0 aliphatic rings. The van der Waals surface area contributed by atoms with E-state index < -0.39 is 0 Å². The van der Waals surface area contributed by atoms with Crippen molar-refractivity contribution in [3.63, 3.8) is 0 Å². The first-order valence-corrected chi connectivity index (χ1v) is 9.10. The molecule has 3 nitrogen and oxygen atoms in total. The van der Waals surface area contributed by atoms with E-state index in [1.54, 1.807) is 25.3 Å². The Bertz CT molecular complexity index is 1060. The van der Waals surface area contributed by atoms with Crippen molar-refractivity contribution in [2.24, 2.45) is 0 Å². The molecule has 0 N–H and O–H groups in total. The maximum atomic E-state index is 9.63. The van der Waals surface area contributed by atoms with Gasteiger partial charge in [0.2, 0.25) is 0 Å². The van der Waals surface area contributed by atoms with Gasteiger partial charge in [0.05, 0.1) is 28.8 Å². The third-order valence-electron chi connectivity index (χ3n) is 4.45. The van der Waals surface area contributed by atoms with Gasteiger partial charge in [-0.05, 0) is 73.5 Å². The Balaban J connectivity index is 2.05. The summed E-state index contributed by atoms with van der Waals surface area (Å²) in [5.41, 5.74) is 5.41. The predicted molar refractivity (Wildman–Crippen MR) is 112 cm³/mol. The first kappa shape index (κ1) is 19.1. The Morgan fingerprint density at radius 1 is 1.04 bits per heavy atom. The third kappa shape index (κ3) is 3.88. The first-order chi connectivity index (χ1) is 12.9. The highest BCUT2D eigenvalue weighted by atomic mass is 35.5. The number of methoxy groups -OCH3 is 1. The molecule has 0 atom stereocenters. The van der Waals surface area contributed by atoms with Crippen molar-refractivity contribution >= 4 is 34.9 Å². The molecule has 0 saturated heterocycles.